The van der Waals surface area contributed by atoms with Gasteiger partial charge in [-0.15, -0.1) is 0 Å². The average Bonchev–Trinajstić information content (AvgIpc) is 3.35. The molecule has 0 aliphatic rings. The summed E-state index contributed by atoms with van der Waals surface area (Å²) in [6.45, 7) is 4.53. The summed E-state index contributed by atoms with van der Waals surface area (Å²) in [6, 6.07) is 34.4. The Morgan fingerprint density at radius 1 is 0.795 bits per heavy atom. The zero-order valence-corrected chi connectivity index (χ0v) is 22.4. The molecule has 0 saturated carbocycles. The lowest BCUT2D eigenvalue weighted by atomic mass is 10.0. The van der Waals surface area contributed by atoms with E-state index in [1.54, 1.807) is 21.7 Å². The lowest BCUT2D eigenvalue weighted by molar-refractivity contribution is -0.106. The van der Waals surface area contributed by atoms with Crippen LogP contribution in [0.2, 0.25) is 0 Å². The maximum Gasteiger partial charge on any atom is 0.268 e. The molecular formula is C34H31N3O2. The van der Waals surface area contributed by atoms with Gasteiger partial charge in [0.2, 0.25) is 6.41 Å². The molecule has 1 heterocycles. The van der Waals surface area contributed by atoms with E-state index in [2.05, 4.69) is 60.8 Å². The molecule has 5 rings (SSSR count). The number of hydrogen-bond donors (Lipinski definition) is 1. The molecule has 5 nitrogen and oxygen atoms in total. The molecule has 0 aliphatic carbocycles. The van der Waals surface area contributed by atoms with E-state index in [-0.39, 0.29) is 5.91 Å². The van der Waals surface area contributed by atoms with Crippen LogP contribution in [0.15, 0.2) is 109 Å². The Labute approximate surface area is 229 Å². The van der Waals surface area contributed by atoms with Gasteiger partial charge in [-0.25, -0.2) is 0 Å². The number of carbonyl (C=O) groups excluding carboxylic acids is 2. The summed E-state index contributed by atoms with van der Waals surface area (Å²) in [4.78, 5) is 27.0. The second-order valence-corrected chi connectivity index (χ2v) is 9.80. The molecule has 0 aliphatic heterocycles. The lowest BCUT2D eigenvalue weighted by Gasteiger charge is -2.20. The summed E-state index contributed by atoms with van der Waals surface area (Å²) >= 11 is 0. The van der Waals surface area contributed by atoms with Gasteiger partial charge in [0.1, 0.15) is 5.69 Å². The number of nitrogens with one attached hydrogen (secondary N) is 1. The van der Waals surface area contributed by atoms with Gasteiger partial charge in [-0.05, 0) is 48.2 Å². The first-order valence-corrected chi connectivity index (χ1v) is 12.9. The van der Waals surface area contributed by atoms with Crippen molar-refractivity contribution in [3.05, 3.63) is 132 Å². The summed E-state index contributed by atoms with van der Waals surface area (Å²) in [7, 11) is 1.81. The summed E-state index contributed by atoms with van der Waals surface area (Å²) in [6.07, 6.45) is 2.59. The van der Waals surface area contributed by atoms with Gasteiger partial charge in [-0.1, -0.05) is 102 Å². The molecule has 1 aromatic heterocycles. The third-order valence-corrected chi connectivity index (χ3v) is 6.92. The molecule has 4 aromatic carbocycles. The summed E-state index contributed by atoms with van der Waals surface area (Å²) in [5.74, 6) is -0.205. The van der Waals surface area contributed by atoms with Crippen molar-refractivity contribution in [1.29, 1.82) is 0 Å². The van der Waals surface area contributed by atoms with Gasteiger partial charge in [0.25, 0.3) is 5.91 Å². The average molecular weight is 514 g/mol. The molecule has 0 bridgehead atoms. The number of aromatic nitrogens is 1. The van der Waals surface area contributed by atoms with Gasteiger partial charge in [0, 0.05) is 25.4 Å². The number of aryl methyl sites for hydroxylation is 3. The van der Waals surface area contributed by atoms with Crippen molar-refractivity contribution < 1.29 is 9.59 Å². The van der Waals surface area contributed by atoms with Crippen LogP contribution in [0.3, 0.4) is 0 Å². The van der Waals surface area contributed by atoms with E-state index in [0.717, 1.165) is 39.9 Å². The van der Waals surface area contributed by atoms with Crippen LogP contribution in [0, 0.1) is 13.8 Å². The maximum absolute atomic E-state index is 13.1. The minimum absolute atomic E-state index is 0.205. The second kappa shape index (κ2) is 11.2. The Morgan fingerprint density at radius 2 is 1.36 bits per heavy atom. The highest BCUT2D eigenvalue weighted by Gasteiger charge is 2.19. The molecule has 1 N–H and O–H groups in total. The summed E-state index contributed by atoms with van der Waals surface area (Å²) < 4.78 is 1.75. The number of hydrogen-bond acceptors (Lipinski definition) is 2. The molecular weight excluding hydrogens is 482 g/mol. The normalized spacial score (nSPS) is 10.7. The molecule has 0 saturated heterocycles. The number of anilines is 2. The van der Waals surface area contributed by atoms with E-state index in [1.807, 2.05) is 62.5 Å². The Morgan fingerprint density at radius 3 is 1.97 bits per heavy atom. The Hall–Kier alpha value is -4.90. The summed E-state index contributed by atoms with van der Waals surface area (Å²) in [5, 5.41) is 3.01. The standard InChI is InChI=1S/C34H31N3O2/c1-24-8-14-27(15-9-24)28-18-12-26(13-19-28)21-35-34(39)33-20-30(22-36(33)3)37(23-38)32-7-5-4-6-31(32)29-16-10-25(2)11-17-29/h4-20,22-23H,21H2,1-3H3,(H,35,39). The van der Waals surface area contributed by atoms with E-state index in [4.69, 9.17) is 0 Å². The van der Waals surface area contributed by atoms with Crippen molar-refractivity contribution in [2.75, 3.05) is 4.90 Å². The van der Waals surface area contributed by atoms with Gasteiger partial charge in [0.15, 0.2) is 0 Å². The van der Waals surface area contributed by atoms with Crippen molar-refractivity contribution in [2.24, 2.45) is 7.05 Å². The van der Waals surface area contributed by atoms with Crippen LogP contribution in [0.1, 0.15) is 27.2 Å². The van der Waals surface area contributed by atoms with Crippen LogP contribution in [0.5, 0.6) is 0 Å². The minimum atomic E-state index is -0.205. The fourth-order valence-electron chi connectivity index (χ4n) is 4.66. The van der Waals surface area contributed by atoms with Gasteiger partial charge >= 0.3 is 0 Å². The van der Waals surface area contributed by atoms with Gasteiger partial charge in [0.05, 0.1) is 11.4 Å². The molecule has 5 heteroatoms. The van der Waals surface area contributed by atoms with Crippen molar-refractivity contribution >= 4 is 23.7 Å². The van der Waals surface area contributed by atoms with Crippen LogP contribution in [-0.2, 0) is 18.4 Å². The minimum Gasteiger partial charge on any atom is -0.347 e. The zero-order valence-electron chi connectivity index (χ0n) is 22.4. The summed E-state index contributed by atoms with van der Waals surface area (Å²) in [5.41, 5.74) is 9.52. The number of amides is 2. The Bertz CT molecular complexity index is 1600. The predicted octanol–water partition coefficient (Wildman–Crippen LogP) is 7.20. The highest BCUT2D eigenvalue weighted by molar-refractivity contribution is 5.98. The van der Waals surface area contributed by atoms with Crippen molar-refractivity contribution in [1.82, 2.24) is 9.88 Å². The predicted molar refractivity (Wildman–Crippen MR) is 158 cm³/mol. The number of para-hydroxylation sites is 1. The number of carbonyl (C=O) groups is 2. The first-order valence-electron chi connectivity index (χ1n) is 12.9. The maximum atomic E-state index is 13.1. The topological polar surface area (TPSA) is 54.3 Å². The van der Waals surface area contributed by atoms with Crippen LogP contribution in [0.25, 0.3) is 22.3 Å². The van der Waals surface area contributed by atoms with E-state index in [1.165, 1.54) is 11.1 Å². The molecule has 0 unspecified atom stereocenters. The second-order valence-electron chi connectivity index (χ2n) is 9.80. The van der Waals surface area contributed by atoms with Crippen molar-refractivity contribution in [2.45, 2.75) is 20.4 Å². The largest absolute Gasteiger partial charge is 0.347 e. The van der Waals surface area contributed by atoms with E-state index in [9.17, 15) is 9.59 Å². The molecule has 0 spiro atoms. The quantitative estimate of drug-likeness (QED) is 0.223. The van der Waals surface area contributed by atoms with Gasteiger partial charge < -0.3 is 9.88 Å². The SMILES string of the molecule is Cc1ccc(-c2ccc(CNC(=O)c3cc(N(C=O)c4ccccc4-c4ccc(C)cc4)cn3C)cc2)cc1. The fourth-order valence-corrected chi connectivity index (χ4v) is 4.66. The highest BCUT2D eigenvalue weighted by atomic mass is 16.2. The van der Waals surface area contributed by atoms with Crippen LogP contribution in [0.4, 0.5) is 11.4 Å². The monoisotopic (exact) mass is 513 g/mol. The van der Waals surface area contributed by atoms with Crippen LogP contribution >= 0.6 is 0 Å². The van der Waals surface area contributed by atoms with Gasteiger partial charge in [-0.2, -0.15) is 0 Å². The van der Waals surface area contributed by atoms with E-state index in [0.29, 0.717) is 17.9 Å². The number of rotatable bonds is 8. The van der Waals surface area contributed by atoms with Gasteiger partial charge in [-0.3, -0.25) is 14.5 Å². The molecule has 0 atom stereocenters. The Kier molecular flexibility index (Phi) is 7.41. The highest BCUT2D eigenvalue weighted by Crippen LogP contribution is 2.35. The van der Waals surface area contributed by atoms with Crippen molar-refractivity contribution in [3.63, 3.8) is 0 Å². The molecule has 5 aromatic rings. The number of benzene rings is 4. The third kappa shape index (κ3) is 5.68. The Balaban J connectivity index is 1.32. The first kappa shape index (κ1) is 25.7. The van der Waals surface area contributed by atoms with Crippen LogP contribution < -0.4 is 10.2 Å². The molecule has 0 fully saturated rings. The molecule has 0 radical (unpaired) electrons. The third-order valence-electron chi connectivity index (χ3n) is 6.92. The number of nitrogens with zero attached hydrogens (tertiary/aromatic N) is 2. The molecule has 194 valence electrons. The van der Waals surface area contributed by atoms with Crippen LogP contribution in [-0.4, -0.2) is 16.9 Å². The fraction of sp³-hybridized carbons (Fsp3) is 0.118. The lowest BCUT2D eigenvalue weighted by Crippen LogP contribution is -2.24. The molecule has 2 amide bonds. The van der Waals surface area contributed by atoms with E-state index < -0.39 is 0 Å². The van der Waals surface area contributed by atoms with E-state index >= 15 is 0 Å². The van der Waals surface area contributed by atoms with Crippen molar-refractivity contribution in [3.8, 4) is 22.3 Å². The first-order chi connectivity index (χ1) is 18.9. The molecule has 39 heavy (non-hydrogen) atoms. The smallest absolute Gasteiger partial charge is 0.268 e. The zero-order chi connectivity index (χ0) is 27.4.